The topological polar surface area (TPSA) is 32.3 Å². The van der Waals surface area contributed by atoms with Gasteiger partial charge < -0.3 is 5.32 Å². The predicted molar refractivity (Wildman–Crippen MR) is 77.7 cm³/mol. The number of nitrogens with one attached hydrogen (secondary N) is 1. The predicted octanol–water partition coefficient (Wildman–Crippen LogP) is 3.26. The van der Waals surface area contributed by atoms with Crippen molar-refractivity contribution in [2.75, 3.05) is 18.4 Å². The summed E-state index contributed by atoms with van der Waals surface area (Å²) in [6, 6.07) is 7.75. The molecule has 4 heteroatoms. The number of nitrogens with zero attached hydrogens (tertiary/aromatic N) is 1. The zero-order valence-corrected chi connectivity index (χ0v) is 12.2. The molecule has 2 rings (SSSR count). The van der Waals surface area contributed by atoms with Crippen LogP contribution in [0.4, 0.5) is 5.69 Å². The van der Waals surface area contributed by atoms with Gasteiger partial charge in [0.25, 0.3) is 0 Å². The molecule has 1 atom stereocenters. The van der Waals surface area contributed by atoms with Gasteiger partial charge in [-0.25, -0.2) is 0 Å². The highest BCUT2D eigenvalue weighted by Crippen LogP contribution is 2.19. The third-order valence-electron chi connectivity index (χ3n) is 3.43. The Labute approximate surface area is 117 Å². The molecule has 0 aliphatic carbocycles. The number of hydrogen-bond donors (Lipinski definition) is 1. The molecule has 1 aliphatic heterocycles. The van der Waals surface area contributed by atoms with Crippen LogP contribution in [0.1, 0.15) is 26.2 Å². The fraction of sp³-hybridized carbons (Fsp3) is 0.500. The number of amides is 1. The van der Waals surface area contributed by atoms with Gasteiger partial charge in [0.2, 0.25) is 5.91 Å². The maximum absolute atomic E-state index is 12.3. The number of piperidine rings is 1. The van der Waals surface area contributed by atoms with Crippen LogP contribution in [0.15, 0.2) is 28.7 Å². The molecule has 1 aromatic rings. The largest absolute Gasteiger partial charge is 0.325 e. The second-order valence-electron chi connectivity index (χ2n) is 4.64. The fourth-order valence-corrected chi connectivity index (χ4v) is 2.69. The van der Waals surface area contributed by atoms with Gasteiger partial charge in [-0.3, -0.25) is 9.69 Å². The number of hydrogen-bond acceptors (Lipinski definition) is 2. The number of rotatable bonds is 3. The molecule has 1 fully saturated rings. The van der Waals surface area contributed by atoms with Crippen LogP contribution in [0.25, 0.3) is 0 Å². The van der Waals surface area contributed by atoms with Crippen LogP contribution in [0.2, 0.25) is 0 Å². The smallest absolute Gasteiger partial charge is 0.241 e. The van der Waals surface area contributed by atoms with Gasteiger partial charge in [-0.05, 0) is 50.2 Å². The van der Waals surface area contributed by atoms with Crippen LogP contribution in [-0.2, 0) is 4.79 Å². The Hall–Kier alpha value is -0.870. The zero-order valence-electron chi connectivity index (χ0n) is 10.7. The number of likely N-dealkylation sites (N-methyl/N-ethyl adjacent to an activating group) is 1. The van der Waals surface area contributed by atoms with E-state index in [9.17, 15) is 4.79 Å². The van der Waals surface area contributed by atoms with E-state index in [2.05, 4.69) is 33.1 Å². The van der Waals surface area contributed by atoms with Crippen LogP contribution in [0, 0.1) is 0 Å². The first-order chi connectivity index (χ1) is 8.70. The van der Waals surface area contributed by atoms with Crippen molar-refractivity contribution in [2.24, 2.45) is 0 Å². The lowest BCUT2D eigenvalue weighted by atomic mass is 10.0. The lowest BCUT2D eigenvalue weighted by Crippen LogP contribution is -2.46. The Kier molecular flexibility index (Phi) is 4.78. The molecule has 0 unspecified atom stereocenters. The van der Waals surface area contributed by atoms with E-state index in [0.29, 0.717) is 0 Å². The van der Waals surface area contributed by atoms with E-state index in [1.54, 1.807) is 0 Å². The van der Waals surface area contributed by atoms with Crippen LogP contribution >= 0.6 is 15.9 Å². The average molecular weight is 311 g/mol. The first-order valence-corrected chi connectivity index (χ1v) is 7.30. The van der Waals surface area contributed by atoms with Crippen LogP contribution in [0.5, 0.6) is 0 Å². The number of likely N-dealkylation sites (tertiary alicyclic amines) is 1. The molecule has 18 heavy (non-hydrogen) atoms. The monoisotopic (exact) mass is 310 g/mol. The number of carbonyl (C=O) groups excluding carboxylic acids is 1. The maximum Gasteiger partial charge on any atom is 0.241 e. The maximum atomic E-state index is 12.3. The summed E-state index contributed by atoms with van der Waals surface area (Å²) < 4.78 is 1.02. The molecule has 1 aliphatic rings. The highest BCUT2D eigenvalue weighted by atomic mass is 79.9. The van der Waals surface area contributed by atoms with Gasteiger partial charge in [-0.1, -0.05) is 29.3 Å². The minimum atomic E-state index is 0.0346. The summed E-state index contributed by atoms with van der Waals surface area (Å²) in [6.07, 6.45) is 3.32. The Balaban J connectivity index is 2.00. The molecule has 1 heterocycles. The lowest BCUT2D eigenvalue weighted by Gasteiger charge is -2.33. The van der Waals surface area contributed by atoms with Gasteiger partial charge in [0.1, 0.15) is 0 Å². The summed E-state index contributed by atoms with van der Waals surface area (Å²) >= 11 is 3.39. The van der Waals surface area contributed by atoms with E-state index in [4.69, 9.17) is 0 Å². The van der Waals surface area contributed by atoms with E-state index in [1.807, 2.05) is 24.3 Å². The van der Waals surface area contributed by atoms with Crippen molar-refractivity contribution in [3.05, 3.63) is 28.7 Å². The molecule has 0 bridgehead atoms. The summed E-state index contributed by atoms with van der Waals surface area (Å²) in [5.41, 5.74) is 0.866. The van der Waals surface area contributed by atoms with Gasteiger partial charge in [0, 0.05) is 10.2 Å². The molecular weight excluding hydrogens is 292 g/mol. The Morgan fingerprint density at radius 2 is 2.11 bits per heavy atom. The third-order valence-corrected chi connectivity index (χ3v) is 3.96. The van der Waals surface area contributed by atoms with Crippen molar-refractivity contribution in [3.63, 3.8) is 0 Å². The van der Waals surface area contributed by atoms with Gasteiger partial charge in [-0.15, -0.1) is 0 Å². The van der Waals surface area contributed by atoms with Crippen LogP contribution in [0.3, 0.4) is 0 Å². The van der Waals surface area contributed by atoms with E-state index in [1.165, 1.54) is 6.42 Å². The van der Waals surface area contributed by atoms with Crippen molar-refractivity contribution in [3.8, 4) is 0 Å². The molecule has 1 N–H and O–H groups in total. The lowest BCUT2D eigenvalue weighted by molar-refractivity contribution is -0.122. The van der Waals surface area contributed by atoms with Crippen LogP contribution in [-0.4, -0.2) is 29.9 Å². The first-order valence-electron chi connectivity index (χ1n) is 6.51. The van der Waals surface area contributed by atoms with Crippen molar-refractivity contribution in [2.45, 2.75) is 32.2 Å². The van der Waals surface area contributed by atoms with Crippen LogP contribution < -0.4 is 5.32 Å². The molecule has 3 nitrogen and oxygen atoms in total. The van der Waals surface area contributed by atoms with Gasteiger partial charge in [0.05, 0.1) is 6.04 Å². The fourth-order valence-electron chi connectivity index (χ4n) is 2.43. The van der Waals surface area contributed by atoms with Crippen molar-refractivity contribution >= 4 is 27.5 Å². The second-order valence-corrected chi connectivity index (χ2v) is 5.55. The van der Waals surface area contributed by atoms with Crippen molar-refractivity contribution < 1.29 is 4.79 Å². The van der Waals surface area contributed by atoms with E-state index >= 15 is 0 Å². The molecule has 0 saturated carbocycles. The first kappa shape index (κ1) is 13.6. The molecule has 0 spiro atoms. The van der Waals surface area contributed by atoms with Crippen molar-refractivity contribution in [1.29, 1.82) is 0 Å². The Morgan fingerprint density at radius 3 is 2.78 bits per heavy atom. The zero-order chi connectivity index (χ0) is 13.0. The average Bonchev–Trinajstić information content (AvgIpc) is 2.41. The molecule has 1 aromatic carbocycles. The second kappa shape index (κ2) is 6.34. The summed E-state index contributed by atoms with van der Waals surface area (Å²) in [5, 5.41) is 3.00. The third kappa shape index (κ3) is 3.33. The Morgan fingerprint density at radius 1 is 1.39 bits per heavy atom. The number of benzene rings is 1. The van der Waals surface area contributed by atoms with Crippen molar-refractivity contribution in [1.82, 2.24) is 4.90 Å². The van der Waals surface area contributed by atoms with E-state index < -0.39 is 0 Å². The summed E-state index contributed by atoms with van der Waals surface area (Å²) in [7, 11) is 0. The molecule has 1 amide bonds. The molecule has 0 radical (unpaired) electrons. The quantitative estimate of drug-likeness (QED) is 0.929. The normalized spacial score (nSPS) is 20.7. The molecule has 1 saturated heterocycles. The standard InChI is InChI=1S/C14H19BrN2O/c1-2-17-10-4-3-5-13(17)14(18)16-12-8-6-11(15)7-9-12/h6-9,13H,2-5,10H2,1H3,(H,16,18)/t13-/m1/s1. The van der Waals surface area contributed by atoms with E-state index in [0.717, 1.165) is 36.1 Å². The van der Waals surface area contributed by atoms with E-state index in [-0.39, 0.29) is 11.9 Å². The van der Waals surface area contributed by atoms with Gasteiger partial charge in [0.15, 0.2) is 0 Å². The summed E-state index contributed by atoms with van der Waals surface area (Å²) in [5.74, 6) is 0.124. The molecule has 98 valence electrons. The van der Waals surface area contributed by atoms with Gasteiger partial charge in [-0.2, -0.15) is 0 Å². The number of anilines is 1. The SMILES string of the molecule is CCN1CCCC[C@@H]1C(=O)Nc1ccc(Br)cc1. The highest BCUT2D eigenvalue weighted by molar-refractivity contribution is 9.10. The minimum absolute atomic E-state index is 0.0346. The minimum Gasteiger partial charge on any atom is -0.325 e. The highest BCUT2D eigenvalue weighted by Gasteiger charge is 2.27. The number of halogens is 1. The Bertz CT molecular complexity index is 405. The number of carbonyl (C=O) groups is 1. The molecular formula is C14H19BrN2O. The molecule has 0 aromatic heterocycles. The summed E-state index contributed by atoms with van der Waals surface area (Å²) in [6.45, 7) is 4.10. The van der Waals surface area contributed by atoms with Gasteiger partial charge >= 0.3 is 0 Å². The summed E-state index contributed by atoms with van der Waals surface area (Å²) in [4.78, 5) is 14.5.